The molecule has 5 heteroatoms. The minimum Gasteiger partial charge on any atom is -0.480 e. The molecule has 0 spiro atoms. The fourth-order valence-corrected chi connectivity index (χ4v) is 2.77. The quantitative estimate of drug-likeness (QED) is 0.770. The number of piperazine rings is 1. The number of hydrogen-bond donors (Lipinski definition) is 2. The van der Waals surface area contributed by atoms with Gasteiger partial charge in [-0.25, -0.2) is 0 Å². The van der Waals surface area contributed by atoms with E-state index in [1.165, 1.54) is 0 Å². The normalized spacial score (nSPS) is 25.8. The van der Waals surface area contributed by atoms with Crippen molar-refractivity contribution >= 4 is 5.91 Å². The van der Waals surface area contributed by atoms with Crippen molar-refractivity contribution in [3.63, 3.8) is 0 Å². The highest BCUT2D eigenvalue weighted by atomic mass is 16.5. The van der Waals surface area contributed by atoms with E-state index in [1.807, 2.05) is 29.2 Å². The number of carbonyl (C=O) groups is 1. The second kappa shape index (κ2) is 5.19. The Bertz CT molecular complexity index is 453. The van der Waals surface area contributed by atoms with Crippen molar-refractivity contribution < 1.29 is 9.53 Å². The van der Waals surface area contributed by atoms with Crippen LogP contribution < -0.4 is 15.8 Å². The van der Waals surface area contributed by atoms with Crippen LogP contribution in [0.15, 0.2) is 24.3 Å². The van der Waals surface area contributed by atoms with E-state index < -0.39 is 0 Å². The fourth-order valence-electron chi connectivity index (χ4n) is 2.77. The van der Waals surface area contributed by atoms with Gasteiger partial charge in [-0.2, -0.15) is 0 Å². The maximum atomic E-state index is 12.6. The minimum absolute atomic E-state index is 0.0631. The summed E-state index contributed by atoms with van der Waals surface area (Å²) in [4.78, 5) is 14.4. The van der Waals surface area contributed by atoms with Gasteiger partial charge in [-0.15, -0.1) is 0 Å². The smallest absolute Gasteiger partial charge is 0.264 e. The molecule has 19 heavy (non-hydrogen) atoms. The van der Waals surface area contributed by atoms with Gasteiger partial charge in [0.2, 0.25) is 0 Å². The summed E-state index contributed by atoms with van der Waals surface area (Å²) in [5.74, 6) is 0.897. The standard InChI is InChI=1S/C14H19N3O2/c15-8-11-9-16-5-6-17(11)14(18)13-7-10-3-1-2-4-12(10)19-13/h1-4,11,13,16H,5-9,15H2. The van der Waals surface area contributed by atoms with Crippen molar-refractivity contribution in [3.8, 4) is 5.75 Å². The van der Waals surface area contributed by atoms with Crippen LogP contribution in [0.4, 0.5) is 0 Å². The molecule has 3 rings (SSSR count). The van der Waals surface area contributed by atoms with Gasteiger partial charge in [-0.1, -0.05) is 18.2 Å². The average molecular weight is 261 g/mol. The highest BCUT2D eigenvalue weighted by molar-refractivity contribution is 5.83. The highest BCUT2D eigenvalue weighted by Crippen LogP contribution is 2.29. The Morgan fingerprint density at radius 3 is 3.11 bits per heavy atom. The van der Waals surface area contributed by atoms with Gasteiger partial charge in [0.05, 0.1) is 6.04 Å². The topological polar surface area (TPSA) is 67.6 Å². The van der Waals surface area contributed by atoms with Crippen LogP contribution in [0.5, 0.6) is 5.75 Å². The van der Waals surface area contributed by atoms with Gasteiger partial charge in [-0.05, 0) is 11.6 Å². The summed E-state index contributed by atoms with van der Waals surface area (Å²) in [6.45, 7) is 2.78. The van der Waals surface area contributed by atoms with E-state index in [2.05, 4.69) is 5.32 Å². The largest absolute Gasteiger partial charge is 0.480 e. The Morgan fingerprint density at radius 1 is 1.47 bits per heavy atom. The van der Waals surface area contributed by atoms with Gasteiger partial charge in [0.15, 0.2) is 6.10 Å². The summed E-state index contributed by atoms with van der Waals surface area (Å²) in [5.41, 5.74) is 6.85. The number of nitrogens with zero attached hydrogens (tertiary/aromatic N) is 1. The predicted molar refractivity (Wildman–Crippen MR) is 72.0 cm³/mol. The molecule has 2 heterocycles. The van der Waals surface area contributed by atoms with Crippen LogP contribution in [0.3, 0.4) is 0 Å². The molecular weight excluding hydrogens is 242 g/mol. The van der Waals surface area contributed by atoms with Crippen molar-refractivity contribution in [1.82, 2.24) is 10.2 Å². The molecule has 2 aliphatic heterocycles. The van der Waals surface area contributed by atoms with Gasteiger partial charge in [-0.3, -0.25) is 4.79 Å². The third-order valence-corrected chi connectivity index (χ3v) is 3.83. The van der Waals surface area contributed by atoms with Crippen LogP contribution in [0, 0.1) is 0 Å². The molecule has 1 saturated heterocycles. The zero-order chi connectivity index (χ0) is 13.2. The van der Waals surface area contributed by atoms with Gasteiger partial charge in [0.25, 0.3) is 5.91 Å². The van der Waals surface area contributed by atoms with Crippen LogP contribution in [0.2, 0.25) is 0 Å². The summed E-state index contributed by atoms with van der Waals surface area (Å²) in [6, 6.07) is 7.91. The predicted octanol–water partition coefficient (Wildman–Crippen LogP) is -0.251. The van der Waals surface area contributed by atoms with Crippen molar-refractivity contribution in [1.29, 1.82) is 0 Å². The number of amides is 1. The molecule has 0 bridgehead atoms. The van der Waals surface area contributed by atoms with E-state index in [0.717, 1.165) is 24.4 Å². The zero-order valence-corrected chi connectivity index (χ0v) is 10.8. The molecule has 1 amide bonds. The lowest BCUT2D eigenvalue weighted by Gasteiger charge is -2.36. The number of benzene rings is 1. The Labute approximate surface area is 112 Å². The molecule has 1 aromatic rings. The van der Waals surface area contributed by atoms with Gasteiger partial charge in [0.1, 0.15) is 5.75 Å². The SMILES string of the molecule is NCC1CNCCN1C(=O)C1Cc2ccccc2O1. The van der Waals surface area contributed by atoms with E-state index in [0.29, 0.717) is 19.5 Å². The number of para-hydroxylation sites is 1. The fraction of sp³-hybridized carbons (Fsp3) is 0.500. The molecule has 1 aromatic carbocycles. The molecule has 2 unspecified atom stereocenters. The molecule has 0 aromatic heterocycles. The molecular formula is C14H19N3O2. The van der Waals surface area contributed by atoms with Gasteiger partial charge in [0, 0.05) is 32.6 Å². The summed E-state index contributed by atoms with van der Waals surface area (Å²) >= 11 is 0. The number of nitrogens with two attached hydrogens (primary N) is 1. The number of hydrogen-bond acceptors (Lipinski definition) is 4. The molecule has 2 atom stereocenters. The van der Waals surface area contributed by atoms with Crippen LogP contribution in [-0.2, 0) is 11.2 Å². The first-order valence-electron chi connectivity index (χ1n) is 6.75. The average Bonchev–Trinajstić information content (AvgIpc) is 2.90. The van der Waals surface area contributed by atoms with E-state index in [1.54, 1.807) is 0 Å². The first-order valence-corrected chi connectivity index (χ1v) is 6.75. The number of rotatable bonds is 2. The molecule has 0 saturated carbocycles. The molecule has 0 radical (unpaired) electrons. The number of nitrogens with one attached hydrogen (secondary N) is 1. The summed E-state index contributed by atoms with van der Waals surface area (Å²) in [5, 5.41) is 3.26. The molecule has 2 aliphatic rings. The summed E-state index contributed by atoms with van der Waals surface area (Å²) < 4.78 is 5.76. The maximum absolute atomic E-state index is 12.6. The molecule has 102 valence electrons. The Hall–Kier alpha value is -1.59. The van der Waals surface area contributed by atoms with Crippen molar-refractivity contribution in [2.24, 2.45) is 5.73 Å². The number of carbonyl (C=O) groups excluding carboxylic acids is 1. The Morgan fingerprint density at radius 2 is 2.32 bits per heavy atom. The van der Waals surface area contributed by atoms with Gasteiger partial charge >= 0.3 is 0 Å². The molecule has 5 nitrogen and oxygen atoms in total. The third kappa shape index (κ3) is 2.31. The first kappa shape index (κ1) is 12.4. The maximum Gasteiger partial charge on any atom is 0.264 e. The third-order valence-electron chi connectivity index (χ3n) is 3.83. The molecule has 0 aliphatic carbocycles. The molecule has 1 fully saturated rings. The summed E-state index contributed by atoms with van der Waals surface area (Å²) in [6.07, 6.45) is 0.278. The monoisotopic (exact) mass is 261 g/mol. The zero-order valence-electron chi connectivity index (χ0n) is 10.8. The van der Waals surface area contributed by atoms with Crippen molar-refractivity contribution in [3.05, 3.63) is 29.8 Å². The van der Waals surface area contributed by atoms with E-state index >= 15 is 0 Å². The second-order valence-corrected chi connectivity index (χ2v) is 5.04. The van der Waals surface area contributed by atoms with Crippen LogP contribution in [0.1, 0.15) is 5.56 Å². The molecule has 3 N–H and O–H groups in total. The van der Waals surface area contributed by atoms with Crippen molar-refractivity contribution in [2.75, 3.05) is 26.2 Å². The van der Waals surface area contributed by atoms with Gasteiger partial charge < -0.3 is 20.7 Å². The lowest BCUT2D eigenvalue weighted by Crippen LogP contribution is -2.59. The second-order valence-electron chi connectivity index (χ2n) is 5.04. The number of ether oxygens (including phenoxy) is 1. The minimum atomic E-state index is -0.385. The number of fused-ring (bicyclic) bond motifs is 1. The van der Waals surface area contributed by atoms with E-state index in [9.17, 15) is 4.79 Å². The van der Waals surface area contributed by atoms with Crippen molar-refractivity contribution in [2.45, 2.75) is 18.6 Å². The Balaban J connectivity index is 1.72. The van der Waals surface area contributed by atoms with Crippen LogP contribution >= 0.6 is 0 Å². The van der Waals surface area contributed by atoms with E-state index in [4.69, 9.17) is 10.5 Å². The van der Waals surface area contributed by atoms with Crippen LogP contribution in [0.25, 0.3) is 0 Å². The van der Waals surface area contributed by atoms with E-state index in [-0.39, 0.29) is 18.1 Å². The lowest BCUT2D eigenvalue weighted by molar-refractivity contribution is -0.141. The first-order chi connectivity index (χ1) is 9.29. The summed E-state index contributed by atoms with van der Waals surface area (Å²) in [7, 11) is 0. The Kier molecular flexibility index (Phi) is 3.40. The lowest BCUT2D eigenvalue weighted by atomic mass is 10.1. The highest BCUT2D eigenvalue weighted by Gasteiger charge is 2.35. The van der Waals surface area contributed by atoms with Crippen LogP contribution in [-0.4, -0.2) is 49.1 Å².